The van der Waals surface area contributed by atoms with E-state index in [1.807, 2.05) is 24.3 Å². The van der Waals surface area contributed by atoms with Crippen molar-refractivity contribution in [3.8, 4) is 28.1 Å². The second kappa shape index (κ2) is 13.4. The molecule has 0 saturated heterocycles. The summed E-state index contributed by atoms with van der Waals surface area (Å²) in [4.78, 5) is 28.2. The molecule has 0 bridgehead atoms. The molecule has 1 aliphatic rings. The first kappa shape index (κ1) is 30.9. The number of aryl methyl sites for hydroxylation is 2. The van der Waals surface area contributed by atoms with Gasteiger partial charge in [-0.25, -0.2) is 5.01 Å². The minimum atomic E-state index is -0.372. The van der Waals surface area contributed by atoms with Crippen molar-refractivity contribution >= 4 is 29.5 Å². The zero-order chi connectivity index (χ0) is 31.3. The number of phenols is 1. The average Bonchev–Trinajstić information content (AvgIpc) is 3.34. The van der Waals surface area contributed by atoms with Gasteiger partial charge in [-0.05, 0) is 91.3 Å². The molecule has 0 atom stereocenters. The smallest absolute Gasteiger partial charge is 0.293 e. The molecule has 0 radical (unpaired) electrons. The number of amides is 1. The molecule has 0 fully saturated rings. The zero-order valence-electron chi connectivity index (χ0n) is 25.6. The lowest BCUT2D eigenvalue weighted by atomic mass is 9.84. The molecule has 4 aromatic rings. The minimum Gasteiger partial charge on any atom is -0.508 e. The number of rotatable bonds is 12. The van der Waals surface area contributed by atoms with Crippen LogP contribution in [-0.2, 0) is 40.3 Å². The van der Waals surface area contributed by atoms with Crippen LogP contribution in [0.3, 0.4) is 0 Å². The molecule has 0 spiro atoms. The number of aromatic nitrogens is 2. The van der Waals surface area contributed by atoms with Gasteiger partial charge >= 0.3 is 0 Å². The molecule has 1 amide bonds. The maximum atomic E-state index is 12.7. The van der Waals surface area contributed by atoms with E-state index < -0.39 is 0 Å². The Kier molecular flexibility index (Phi) is 9.44. The molecule has 0 unspecified atom stereocenters. The molecule has 2 aromatic carbocycles. The highest BCUT2D eigenvalue weighted by atomic mass is 16.5. The quantitative estimate of drug-likeness (QED) is 0.198. The van der Waals surface area contributed by atoms with Crippen molar-refractivity contribution in [3.63, 3.8) is 0 Å². The average molecular weight is 597 g/mol. The molecule has 2 aromatic heterocycles. The number of aliphatic hydroxyl groups is 1. The molecular weight excluding hydrogens is 556 g/mol. The van der Waals surface area contributed by atoms with Crippen LogP contribution in [0.1, 0.15) is 56.9 Å². The van der Waals surface area contributed by atoms with Crippen LogP contribution in [0.4, 0.5) is 0 Å². The number of aromatic hydroxyl groups is 1. The van der Waals surface area contributed by atoms with Crippen molar-refractivity contribution < 1.29 is 24.5 Å². The first-order chi connectivity index (χ1) is 21.2. The first-order valence-electron chi connectivity index (χ1n) is 15.2. The molecule has 5 rings (SSSR count). The van der Waals surface area contributed by atoms with E-state index in [1.165, 1.54) is 5.01 Å². The Morgan fingerprint density at radius 2 is 1.98 bits per heavy atom. The van der Waals surface area contributed by atoms with Crippen LogP contribution >= 0.6 is 0 Å². The van der Waals surface area contributed by atoms with Gasteiger partial charge < -0.3 is 19.5 Å². The van der Waals surface area contributed by atoms with Gasteiger partial charge in [0.25, 0.3) is 6.47 Å². The van der Waals surface area contributed by atoms with Crippen LogP contribution in [-0.4, -0.2) is 56.5 Å². The Morgan fingerprint density at radius 1 is 1.14 bits per heavy atom. The van der Waals surface area contributed by atoms with Gasteiger partial charge in [-0.3, -0.25) is 14.6 Å². The van der Waals surface area contributed by atoms with Gasteiger partial charge in [-0.1, -0.05) is 26.0 Å². The van der Waals surface area contributed by atoms with Crippen LogP contribution in [0.2, 0.25) is 0 Å². The lowest BCUT2D eigenvalue weighted by Crippen LogP contribution is -2.29. The summed E-state index contributed by atoms with van der Waals surface area (Å²) in [6.45, 7) is 8.10. The number of phenolic OH excluding ortho intramolecular Hbond substituents is 1. The fraction of sp³-hybridized carbons (Fsp3) is 0.371. The summed E-state index contributed by atoms with van der Waals surface area (Å²) in [6.07, 6.45) is 6.68. The largest absolute Gasteiger partial charge is 0.508 e. The molecule has 0 aliphatic carbocycles. The Balaban J connectivity index is 1.59. The number of hydrogen-bond donors (Lipinski definition) is 2. The van der Waals surface area contributed by atoms with Gasteiger partial charge in [0.1, 0.15) is 5.75 Å². The SMILES string of the molecule is CCn1c(-c2cccnc2CO)c(CC(C)(C)COC=O)c2cc(-c3cc(O)cc(CCC(=O)N4CCCC=N4)c3)ccc21. The number of aliphatic hydroxyl groups excluding tert-OH is 1. The number of nitrogens with zero attached hydrogens (tertiary/aromatic N) is 4. The Bertz CT molecular complexity index is 1690. The van der Waals surface area contributed by atoms with Crippen molar-refractivity contribution in [2.24, 2.45) is 10.5 Å². The first-order valence-corrected chi connectivity index (χ1v) is 15.2. The molecular formula is C35H40N4O5. The lowest BCUT2D eigenvalue weighted by Gasteiger charge is -2.24. The van der Waals surface area contributed by atoms with E-state index in [9.17, 15) is 19.8 Å². The van der Waals surface area contributed by atoms with Crippen molar-refractivity contribution in [2.45, 2.75) is 66.0 Å². The van der Waals surface area contributed by atoms with E-state index in [0.717, 1.165) is 57.3 Å². The van der Waals surface area contributed by atoms with Gasteiger partial charge in [0.15, 0.2) is 0 Å². The van der Waals surface area contributed by atoms with Gasteiger partial charge in [-0.2, -0.15) is 5.10 Å². The third-order valence-electron chi connectivity index (χ3n) is 8.13. The maximum absolute atomic E-state index is 12.7. The topological polar surface area (TPSA) is 117 Å². The Hall–Kier alpha value is -4.50. The van der Waals surface area contributed by atoms with Crippen LogP contribution in [0.25, 0.3) is 33.3 Å². The predicted molar refractivity (Wildman–Crippen MR) is 171 cm³/mol. The van der Waals surface area contributed by atoms with Crippen molar-refractivity contribution in [3.05, 3.63) is 71.5 Å². The van der Waals surface area contributed by atoms with Gasteiger partial charge in [-0.15, -0.1) is 0 Å². The van der Waals surface area contributed by atoms with Crippen LogP contribution in [0.15, 0.2) is 59.8 Å². The highest BCUT2D eigenvalue weighted by Crippen LogP contribution is 2.41. The third-order valence-corrected chi connectivity index (χ3v) is 8.13. The molecule has 2 N–H and O–H groups in total. The molecule has 9 heteroatoms. The highest BCUT2D eigenvalue weighted by Gasteiger charge is 2.27. The number of hydrazone groups is 1. The van der Waals surface area contributed by atoms with Gasteiger partial charge in [0.05, 0.1) is 24.6 Å². The Labute approximate surface area is 257 Å². The number of ether oxygens (including phenoxy) is 1. The van der Waals surface area contributed by atoms with E-state index in [1.54, 1.807) is 24.5 Å². The molecule has 230 valence electrons. The zero-order valence-corrected chi connectivity index (χ0v) is 25.6. The normalized spacial score (nSPS) is 13.4. The van der Waals surface area contributed by atoms with Crippen LogP contribution in [0, 0.1) is 5.41 Å². The summed E-state index contributed by atoms with van der Waals surface area (Å²) in [7, 11) is 0. The molecule has 3 heterocycles. The summed E-state index contributed by atoms with van der Waals surface area (Å²) in [6, 6.07) is 15.6. The number of carbonyl (C=O) groups is 2. The van der Waals surface area contributed by atoms with E-state index >= 15 is 0 Å². The standard InChI is InChI=1S/C35H40N4O5/c1-4-38-32-11-10-25(26-16-24(17-27(42)18-26)9-12-33(43)39-15-6-5-14-37-39)19-29(32)30(20-35(2,3)22-44-23-41)34(38)28-8-7-13-36-31(28)21-40/h7-8,10-11,13-14,16-19,23,40,42H,4-6,9,12,15,20-22H2,1-3H3. The molecule has 1 aliphatic heterocycles. The summed E-state index contributed by atoms with van der Waals surface area (Å²) in [5.74, 6) is 0.118. The van der Waals surface area contributed by atoms with Crippen molar-refractivity contribution in [1.29, 1.82) is 0 Å². The lowest BCUT2D eigenvalue weighted by molar-refractivity contribution is -0.132. The Morgan fingerprint density at radius 3 is 2.70 bits per heavy atom. The fourth-order valence-electron chi connectivity index (χ4n) is 6.09. The summed E-state index contributed by atoms with van der Waals surface area (Å²) in [5, 5.41) is 27.6. The maximum Gasteiger partial charge on any atom is 0.293 e. The molecule has 44 heavy (non-hydrogen) atoms. The van der Waals surface area contributed by atoms with E-state index in [4.69, 9.17) is 4.74 Å². The van der Waals surface area contributed by atoms with Gasteiger partial charge in [0, 0.05) is 53.8 Å². The summed E-state index contributed by atoms with van der Waals surface area (Å²) < 4.78 is 7.44. The minimum absolute atomic E-state index is 0.0239. The number of pyridine rings is 1. The second-order valence-corrected chi connectivity index (χ2v) is 12.1. The number of hydrogen-bond acceptors (Lipinski definition) is 7. The van der Waals surface area contributed by atoms with Crippen molar-refractivity contribution in [2.75, 3.05) is 13.2 Å². The number of carbonyl (C=O) groups excluding carboxylic acids is 2. The van der Waals surface area contributed by atoms with Crippen LogP contribution < -0.4 is 0 Å². The summed E-state index contributed by atoms with van der Waals surface area (Å²) in [5.41, 5.74) is 6.82. The fourth-order valence-corrected chi connectivity index (χ4v) is 6.09. The van der Waals surface area contributed by atoms with E-state index in [0.29, 0.717) is 44.5 Å². The predicted octanol–water partition coefficient (Wildman–Crippen LogP) is 5.87. The van der Waals surface area contributed by atoms with Crippen LogP contribution in [0.5, 0.6) is 5.75 Å². The second-order valence-electron chi connectivity index (χ2n) is 12.1. The third kappa shape index (κ3) is 6.68. The van der Waals surface area contributed by atoms with Gasteiger partial charge in [0.2, 0.25) is 5.91 Å². The summed E-state index contributed by atoms with van der Waals surface area (Å²) >= 11 is 0. The monoisotopic (exact) mass is 596 g/mol. The van der Waals surface area contributed by atoms with Crippen molar-refractivity contribution in [1.82, 2.24) is 14.6 Å². The van der Waals surface area contributed by atoms with E-state index in [2.05, 4.69) is 47.6 Å². The number of fused-ring (bicyclic) bond motifs is 1. The number of benzene rings is 2. The highest BCUT2D eigenvalue weighted by molar-refractivity contribution is 5.95. The van der Waals surface area contributed by atoms with E-state index in [-0.39, 0.29) is 30.3 Å². The molecule has 0 saturated carbocycles. The molecule has 9 nitrogen and oxygen atoms in total.